The zero-order chi connectivity index (χ0) is 18.4. The fourth-order valence-electron chi connectivity index (χ4n) is 2.74. The number of rotatable bonds is 8. The van der Waals surface area contributed by atoms with Crippen LogP contribution in [0, 0.1) is 20.8 Å². The summed E-state index contributed by atoms with van der Waals surface area (Å²) in [6.07, 6.45) is 1.79. The quantitative estimate of drug-likeness (QED) is 0.581. The maximum absolute atomic E-state index is 11.4. The Hall–Kier alpha value is -2.01. The second kappa shape index (κ2) is 8.90. The number of carboxylic acid groups (broad SMARTS) is 1. The number of aromatic carboxylic acids is 1. The predicted molar refractivity (Wildman–Crippen MR) is 105 cm³/mol. The highest BCUT2D eigenvalue weighted by atomic mass is 79.9. The fraction of sp³-hybridized carbons (Fsp3) is 0.350. The van der Waals surface area contributed by atoms with E-state index in [0.29, 0.717) is 24.4 Å². The number of ether oxygens (including phenoxy) is 1. The highest BCUT2D eigenvalue weighted by molar-refractivity contribution is 9.10. The number of aryl methyl sites for hydroxylation is 3. The van der Waals surface area contributed by atoms with Gasteiger partial charge in [-0.1, -0.05) is 6.07 Å². The summed E-state index contributed by atoms with van der Waals surface area (Å²) in [6, 6.07) is 9.79. The van der Waals surface area contributed by atoms with Crippen molar-refractivity contribution in [3.05, 3.63) is 57.1 Å². The minimum Gasteiger partial charge on any atom is -0.494 e. The molecule has 2 rings (SSSR count). The molecule has 0 radical (unpaired) electrons. The summed E-state index contributed by atoms with van der Waals surface area (Å²) < 4.78 is 6.56. The first-order valence-corrected chi connectivity index (χ1v) is 9.14. The molecule has 0 aliphatic carbocycles. The standard InChI is InChI=1S/C20H24BrNO3/c1-13-8-14(2)10-16(9-13)25-7-5-4-6-22-19-17(20(23)24)11-15(3)12-18(19)21/h8-12,22H,4-7H2,1-3H3,(H,23,24). The van der Waals surface area contributed by atoms with Gasteiger partial charge in [0, 0.05) is 11.0 Å². The van der Waals surface area contributed by atoms with Crippen LogP contribution in [0.1, 0.15) is 39.9 Å². The Balaban J connectivity index is 1.81. The smallest absolute Gasteiger partial charge is 0.337 e. The summed E-state index contributed by atoms with van der Waals surface area (Å²) in [4.78, 5) is 11.4. The molecule has 5 heteroatoms. The first kappa shape index (κ1) is 19.3. The number of benzene rings is 2. The molecule has 0 aliphatic rings. The van der Waals surface area contributed by atoms with E-state index >= 15 is 0 Å². The highest BCUT2D eigenvalue weighted by Crippen LogP contribution is 2.28. The Kier molecular flexibility index (Phi) is 6.88. The molecule has 0 aromatic heterocycles. The monoisotopic (exact) mass is 405 g/mol. The lowest BCUT2D eigenvalue weighted by Gasteiger charge is -2.13. The van der Waals surface area contributed by atoms with E-state index in [1.54, 1.807) is 6.07 Å². The Bertz CT molecular complexity index is 739. The fourth-order valence-corrected chi connectivity index (χ4v) is 3.45. The third-order valence-corrected chi connectivity index (χ3v) is 4.43. The molecule has 0 heterocycles. The molecule has 0 saturated heterocycles. The van der Waals surface area contributed by atoms with Gasteiger partial charge in [0.2, 0.25) is 0 Å². The summed E-state index contributed by atoms with van der Waals surface area (Å²) in [7, 11) is 0. The van der Waals surface area contributed by atoms with E-state index in [9.17, 15) is 9.90 Å². The van der Waals surface area contributed by atoms with Crippen molar-refractivity contribution in [3.63, 3.8) is 0 Å². The van der Waals surface area contributed by atoms with Gasteiger partial charge in [-0.15, -0.1) is 0 Å². The number of unbranched alkanes of at least 4 members (excludes halogenated alkanes) is 1. The van der Waals surface area contributed by atoms with Gasteiger partial charge in [-0.3, -0.25) is 0 Å². The van der Waals surface area contributed by atoms with E-state index in [4.69, 9.17) is 4.74 Å². The van der Waals surface area contributed by atoms with Gasteiger partial charge in [0.1, 0.15) is 5.75 Å². The third-order valence-electron chi connectivity index (χ3n) is 3.80. The Morgan fingerprint density at radius 3 is 2.32 bits per heavy atom. The lowest BCUT2D eigenvalue weighted by atomic mass is 10.1. The van der Waals surface area contributed by atoms with Gasteiger partial charge in [-0.25, -0.2) is 4.79 Å². The zero-order valence-electron chi connectivity index (χ0n) is 14.9. The summed E-state index contributed by atoms with van der Waals surface area (Å²) >= 11 is 3.44. The maximum atomic E-state index is 11.4. The van der Waals surface area contributed by atoms with Crippen molar-refractivity contribution in [3.8, 4) is 5.75 Å². The van der Waals surface area contributed by atoms with Crippen molar-refractivity contribution in [1.82, 2.24) is 0 Å². The number of carboxylic acids is 1. The van der Waals surface area contributed by atoms with Crippen LogP contribution in [-0.2, 0) is 0 Å². The number of carbonyl (C=O) groups is 1. The molecule has 134 valence electrons. The van der Waals surface area contributed by atoms with E-state index in [-0.39, 0.29) is 0 Å². The average Bonchev–Trinajstić information content (AvgIpc) is 2.50. The molecule has 0 amide bonds. The molecule has 0 saturated carbocycles. The van der Waals surface area contributed by atoms with Crippen molar-refractivity contribution >= 4 is 27.6 Å². The van der Waals surface area contributed by atoms with Crippen LogP contribution in [0.3, 0.4) is 0 Å². The highest BCUT2D eigenvalue weighted by Gasteiger charge is 2.13. The SMILES string of the molecule is Cc1cc(C)cc(OCCCCNc2c(Br)cc(C)cc2C(=O)O)c1. The Labute approximate surface area is 157 Å². The van der Waals surface area contributed by atoms with Gasteiger partial charge in [0.05, 0.1) is 17.9 Å². The molecular weight excluding hydrogens is 382 g/mol. The van der Waals surface area contributed by atoms with Crippen LogP contribution in [-0.4, -0.2) is 24.2 Å². The van der Waals surface area contributed by atoms with Crippen molar-refractivity contribution in [2.45, 2.75) is 33.6 Å². The normalized spacial score (nSPS) is 10.6. The number of hydrogen-bond acceptors (Lipinski definition) is 3. The molecule has 2 N–H and O–H groups in total. The molecular formula is C20H24BrNO3. The topological polar surface area (TPSA) is 58.6 Å². The molecule has 0 unspecified atom stereocenters. The molecule has 2 aromatic rings. The number of halogens is 1. The maximum Gasteiger partial charge on any atom is 0.337 e. The summed E-state index contributed by atoms with van der Waals surface area (Å²) in [6.45, 7) is 7.33. The lowest BCUT2D eigenvalue weighted by molar-refractivity contribution is 0.0697. The number of anilines is 1. The molecule has 0 atom stereocenters. The third kappa shape index (κ3) is 5.78. The summed E-state index contributed by atoms with van der Waals surface area (Å²) in [5, 5.41) is 12.6. The van der Waals surface area contributed by atoms with Crippen LogP contribution in [0.2, 0.25) is 0 Å². The Morgan fingerprint density at radius 1 is 1.04 bits per heavy atom. The van der Waals surface area contributed by atoms with Gasteiger partial charge in [-0.2, -0.15) is 0 Å². The molecule has 0 aliphatic heterocycles. The van der Waals surface area contributed by atoms with Crippen LogP contribution in [0.25, 0.3) is 0 Å². The molecule has 4 nitrogen and oxygen atoms in total. The molecule has 0 bridgehead atoms. The van der Waals surface area contributed by atoms with Gasteiger partial charge in [0.15, 0.2) is 0 Å². The van der Waals surface area contributed by atoms with Crippen LogP contribution >= 0.6 is 15.9 Å². The van der Waals surface area contributed by atoms with Crippen LogP contribution in [0.15, 0.2) is 34.8 Å². The van der Waals surface area contributed by atoms with E-state index in [0.717, 1.165) is 28.6 Å². The van der Waals surface area contributed by atoms with Gasteiger partial charge in [-0.05, 0) is 90.5 Å². The first-order valence-electron chi connectivity index (χ1n) is 8.35. The van der Waals surface area contributed by atoms with E-state index in [2.05, 4.69) is 41.2 Å². The van der Waals surface area contributed by atoms with Crippen molar-refractivity contribution < 1.29 is 14.6 Å². The average molecular weight is 406 g/mol. The van der Waals surface area contributed by atoms with Crippen molar-refractivity contribution in [2.75, 3.05) is 18.5 Å². The predicted octanol–water partition coefficient (Wildman–Crippen LogP) is 5.34. The van der Waals surface area contributed by atoms with E-state index < -0.39 is 5.97 Å². The van der Waals surface area contributed by atoms with Gasteiger partial charge in [0.25, 0.3) is 0 Å². The molecule has 2 aromatic carbocycles. The van der Waals surface area contributed by atoms with Crippen LogP contribution in [0.4, 0.5) is 5.69 Å². The largest absolute Gasteiger partial charge is 0.494 e. The summed E-state index contributed by atoms with van der Waals surface area (Å²) in [5.74, 6) is -0.0232. The van der Waals surface area contributed by atoms with Gasteiger partial charge >= 0.3 is 5.97 Å². The van der Waals surface area contributed by atoms with Crippen molar-refractivity contribution in [1.29, 1.82) is 0 Å². The molecule has 25 heavy (non-hydrogen) atoms. The Morgan fingerprint density at radius 2 is 1.68 bits per heavy atom. The van der Waals surface area contributed by atoms with Crippen LogP contribution < -0.4 is 10.1 Å². The first-order chi connectivity index (χ1) is 11.9. The number of nitrogens with one attached hydrogen (secondary N) is 1. The molecule has 0 fully saturated rings. The van der Waals surface area contributed by atoms with E-state index in [1.807, 2.05) is 25.1 Å². The number of hydrogen-bond donors (Lipinski definition) is 2. The second-order valence-electron chi connectivity index (χ2n) is 6.28. The van der Waals surface area contributed by atoms with Crippen LogP contribution in [0.5, 0.6) is 5.75 Å². The van der Waals surface area contributed by atoms with Gasteiger partial charge < -0.3 is 15.2 Å². The minimum absolute atomic E-state index is 0.290. The summed E-state index contributed by atoms with van der Waals surface area (Å²) in [5.41, 5.74) is 4.23. The second-order valence-corrected chi connectivity index (χ2v) is 7.13. The lowest BCUT2D eigenvalue weighted by Crippen LogP contribution is -2.10. The van der Waals surface area contributed by atoms with Crippen molar-refractivity contribution in [2.24, 2.45) is 0 Å². The minimum atomic E-state index is -0.926. The zero-order valence-corrected chi connectivity index (χ0v) is 16.4. The van der Waals surface area contributed by atoms with E-state index in [1.165, 1.54) is 11.1 Å². The molecule has 0 spiro atoms.